The van der Waals surface area contributed by atoms with Gasteiger partial charge in [0, 0.05) is 18.3 Å². The van der Waals surface area contributed by atoms with Gasteiger partial charge >= 0.3 is 0 Å². The average molecular weight is 436 g/mol. The fraction of sp³-hybridized carbons (Fsp3) is 0.211. The molecule has 1 aliphatic rings. The Morgan fingerprint density at radius 3 is 2.31 bits per heavy atom. The highest BCUT2D eigenvalue weighted by Crippen LogP contribution is 2.31. The molecular formula is C19H18ClN3O5S. The van der Waals surface area contributed by atoms with Gasteiger partial charge in [-0.2, -0.15) is 0 Å². The number of hydrogen-bond donors (Lipinski definition) is 2. The third kappa shape index (κ3) is 4.41. The van der Waals surface area contributed by atoms with Gasteiger partial charge in [0.1, 0.15) is 0 Å². The number of sulfonamides is 1. The molecular weight excluding hydrogens is 418 g/mol. The lowest BCUT2D eigenvalue weighted by Gasteiger charge is -2.16. The van der Waals surface area contributed by atoms with Crippen LogP contribution in [0.15, 0.2) is 42.5 Å². The zero-order chi connectivity index (χ0) is 21.3. The van der Waals surface area contributed by atoms with Crippen molar-refractivity contribution >= 4 is 56.4 Å². The molecule has 3 rings (SSSR count). The molecule has 0 spiro atoms. The molecule has 2 N–H and O–H groups in total. The first kappa shape index (κ1) is 20.8. The molecule has 10 heteroatoms. The van der Waals surface area contributed by atoms with E-state index in [4.69, 9.17) is 11.6 Å². The summed E-state index contributed by atoms with van der Waals surface area (Å²) in [6.07, 6.45) is 0. The fourth-order valence-corrected chi connectivity index (χ4v) is 5.05. The lowest BCUT2D eigenvalue weighted by Crippen LogP contribution is -2.30. The third-order valence-electron chi connectivity index (χ3n) is 4.23. The van der Waals surface area contributed by atoms with E-state index in [1.54, 1.807) is 31.2 Å². The van der Waals surface area contributed by atoms with E-state index in [1.165, 1.54) is 25.1 Å². The van der Waals surface area contributed by atoms with E-state index in [2.05, 4.69) is 10.6 Å². The number of amides is 3. The molecule has 1 saturated heterocycles. The topological polar surface area (TPSA) is 113 Å². The van der Waals surface area contributed by atoms with E-state index < -0.39 is 27.8 Å². The van der Waals surface area contributed by atoms with Crippen molar-refractivity contribution in [3.63, 3.8) is 0 Å². The van der Waals surface area contributed by atoms with Gasteiger partial charge in [0.15, 0.2) is 0 Å². The maximum atomic E-state index is 12.6. The van der Waals surface area contributed by atoms with Crippen molar-refractivity contribution in [3.8, 4) is 0 Å². The Balaban J connectivity index is 1.83. The van der Waals surface area contributed by atoms with E-state index in [-0.39, 0.29) is 27.9 Å². The van der Waals surface area contributed by atoms with Crippen LogP contribution in [0.2, 0.25) is 5.02 Å². The Labute approximate surface area is 172 Å². The summed E-state index contributed by atoms with van der Waals surface area (Å²) in [6, 6.07) is 10.6. The maximum absolute atomic E-state index is 12.6. The number of halogens is 1. The van der Waals surface area contributed by atoms with Crippen molar-refractivity contribution < 1.29 is 22.8 Å². The highest BCUT2D eigenvalue weighted by Gasteiger charge is 2.42. The van der Waals surface area contributed by atoms with Crippen molar-refractivity contribution in [1.29, 1.82) is 0 Å². The minimum absolute atomic E-state index is 0.000527. The summed E-state index contributed by atoms with van der Waals surface area (Å²) in [5, 5.41) is 5.27. The van der Waals surface area contributed by atoms with Crippen LogP contribution in [0.5, 0.6) is 0 Å². The fourth-order valence-electron chi connectivity index (χ4n) is 2.98. The monoisotopic (exact) mass is 435 g/mol. The van der Waals surface area contributed by atoms with Crippen molar-refractivity contribution in [1.82, 2.24) is 0 Å². The number of carbonyl (C=O) groups excluding carboxylic acids is 3. The smallest absolute Gasteiger partial charge is 0.257 e. The van der Waals surface area contributed by atoms with Crippen LogP contribution in [0.4, 0.5) is 17.1 Å². The molecule has 0 aromatic heterocycles. The lowest BCUT2D eigenvalue weighted by molar-refractivity contribution is -0.119. The van der Waals surface area contributed by atoms with Crippen molar-refractivity contribution in [3.05, 3.63) is 53.1 Å². The van der Waals surface area contributed by atoms with E-state index in [0.29, 0.717) is 11.4 Å². The van der Waals surface area contributed by atoms with E-state index in [1.807, 2.05) is 0 Å². The Morgan fingerprint density at radius 2 is 1.76 bits per heavy atom. The van der Waals surface area contributed by atoms with Gasteiger partial charge in [-0.1, -0.05) is 24.6 Å². The molecule has 0 radical (unpaired) electrons. The van der Waals surface area contributed by atoms with E-state index in [0.717, 1.165) is 4.31 Å². The van der Waals surface area contributed by atoms with E-state index in [9.17, 15) is 22.8 Å². The second-order valence-corrected chi connectivity index (χ2v) is 8.93. The summed E-state index contributed by atoms with van der Waals surface area (Å²) < 4.78 is 25.2. The first-order chi connectivity index (χ1) is 13.6. The second kappa shape index (κ2) is 7.84. The molecule has 8 nitrogen and oxygen atoms in total. The summed E-state index contributed by atoms with van der Waals surface area (Å²) in [4.78, 5) is 35.9. The molecule has 0 aliphatic carbocycles. The number of carbonyl (C=O) groups is 3. The Morgan fingerprint density at radius 1 is 1.10 bits per heavy atom. The van der Waals surface area contributed by atoms with Gasteiger partial charge in [-0.3, -0.25) is 14.4 Å². The molecule has 29 heavy (non-hydrogen) atoms. The predicted octanol–water partition coefficient (Wildman–Crippen LogP) is 2.86. The molecule has 1 unspecified atom stereocenters. The second-order valence-electron chi connectivity index (χ2n) is 6.66. The number of nitrogens with zero attached hydrogens (tertiary/aromatic N) is 1. The summed E-state index contributed by atoms with van der Waals surface area (Å²) in [5.74, 6) is -2.21. The van der Waals surface area contributed by atoms with Gasteiger partial charge in [0.25, 0.3) is 5.91 Å². The highest BCUT2D eigenvalue weighted by molar-refractivity contribution is 7.94. The molecule has 1 heterocycles. The first-order valence-electron chi connectivity index (χ1n) is 8.64. The van der Waals surface area contributed by atoms with Crippen molar-refractivity contribution in [2.75, 3.05) is 20.7 Å². The van der Waals surface area contributed by atoms with Gasteiger partial charge < -0.3 is 10.6 Å². The predicted molar refractivity (Wildman–Crippen MR) is 111 cm³/mol. The van der Waals surface area contributed by atoms with E-state index >= 15 is 0 Å². The SMILES string of the molecule is CC(=O)Nc1cccc(NC(=O)c2ccc(N3C(=O)C(C)CS3(=O)=O)cc2Cl)c1. The first-order valence-corrected chi connectivity index (χ1v) is 10.6. The zero-order valence-corrected chi connectivity index (χ0v) is 17.2. The van der Waals surface area contributed by atoms with Gasteiger partial charge in [-0.15, -0.1) is 0 Å². The van der Waals surface area contributed by atoms with Gasteiger partial charge in [-0.25, -0.2) is 12.7 Å². The molecule has 1 atom stereocenters. The number of rotatable bonds is 4. The number of anilines is 3. The highest BCUT2D eigenvalue weighted by atomic mass is 35.5. The van der Waals surface area contributed by atoms with Crippen LogP contribution in [0.3, 0.4) is 0 Å². The Hall–Kier alpha value is -2.91. The molecule has 0 saturated carbocycles. The average Bonchev–Trinajstić information content (AvgIpc) is 2.81. The molecule has 0 bridgehead atoms. The van der Waals surface area contributed by atoms with Crippen molar-refractivity contribution in [2.24, 2.45) is 5.92 Å². The van der Waals surface area contributed by atoms with Gasteiger partial charge in [0.05, 0.1) is 27.9 Å². The van der Waals surface area contributed by atoms with Gasteiger partial charge in [-0.05, 0) is 36.4 Å². The van der Waals surface area contributed by atoms with Crippen LogP contribution >= 0.6 is 11.6 Å². The summed E-state index contributed by atoms with van der Waals surface area (Å²) in [5.41, 5.74) is 1.15. The molecule has 2 aromatic rings. The number of nitrogens with one attached hydrogen (secondary N) is 2. The number of hydrogen-bond acceptors (Lipinski definition) is 5. The Kier molecular flexibility index (Phi) is 5.63. The maximum Gasteiger partial charge on any atom is 0.257 e. The minimum Gasteiger partial charge on any atom is -0.326 e. The summed E-state index contributed by atoms with van der Waals surface area (Å²) in [6.45, 7) is 2.91. The quantitative estimate of drug-likeness (QED) is 0.766. The van der Waals surface area contributed by atoms with Crippen molar-refractivity contribution in [2.45, 2.75) is 13.8 Å². The minimum atomic E-state index is -3.76. The van der Waals surface area contributed by atoms with Gasteiger partial charge in [0.2, 0.25) is 21.8 Å². The molecule has 2 aromatic carbocycles. The molecule has 3 amide bonds. The summed E-state index contributed by atoms with van der Waals surface area (Å²) >= 11 is 6.20. The Bertz CT molecular complexity index is 1120. The van der Waals surface area contributed by atoms with Crippen LogP contribution < -0.4 is 14.9 Å². The van der Waals surface area contributed by atoms with Crippen LogP contribution in [-0.2, 0) is 19.6 Å². The van der Waals surface area contributed by atoms with Crippen LogP contribution in [0, 0.1) is 5.92 Å². The normalized spacial score (nSPS) is 17.8. The molecule has 1 fully saturated rings. The molecule has 152 valence electrons. The molecule has 1 aliphatic heterocycles. The third-order valence-corrected chi connectivity index (χ3v) is 6.41. The van der Waals surface area contributed by atoms with Crippen LogP contribution in [0.25, 0.3) is 0 Å². The van der Waals surface area contributed by atoms with Crippen LogP contribution in [-0.4, -0.2) is 31.9 Å². The lowest BCUT2D eigenvalue weighted by atomic mass is 10.1. The largest absolute Gasteiger partial charge is 0.326 e. The number of benzene rings is 2. The standard InChI is InChI=1S/C19H18ClN3O5S/c1-11-10-29(27,28)23(19(11)26)15-6-7-16(17(20)9-15)18(25)22-14-5-3-4-13(8-14)21-12(2)24/h3-9,11H,10H2,1-2H3,(H,21,24)(H,22,25). The van der Waals surface area contributed by atoms with Crippen LogP contribution in [0.1, 0.15) is 24.2 Å². The summed E-state index contributed by atoms with van der Waals surface area (Å²) in [7, 11) is -3.76. The zero-order valence-electron chi connectivity index (χ0n) is 15.6.